The average Bonchev–Trinajstić information content (AvgIpc) is 3.16. The highest BCUT2D eigenvalue weighted by Crippen LogP contribution is 2.21. The van der Waals surface area contributed by atoms with Crippen molar-refractivity contribution >= 4 is 12.1 Å². The smallest absolute Gasteiger partial charge is 0.263 e. The molecule has 12 heteroatoms. The summed E-state index contributed by atoms with van der Waals surface area (Å²) in [5, 5.41) is 14.6. The second kappa shape index (κ2) is 7.90. The van der Waals surface area contributed by atoms with Gasteiger partial charge in [0.2, 0.25) is 11.6 Å². The lowest BCUT2D eigenvalue weighted by Gasteiger charge is -2.04. The zero-order chi connectivity index (χ0) is 20.3. The van der Waals surface area contributed by atoms with Crippen LogP contribution in [0, 0.1) is 29.1 Å². The molecular weight excluding hydrogens is 387 g/mol. The molecular formula is C16H9F5N6O. The van der Waals surface area contributed by atoms with Crippen LogP contribution in [0.4, 0.5) is 22.0 Å². The summed E-state index contributed by atoms with van der Waals surface area (Å²) < 4.78 is 66.1. The predicted molar refractivity (Wildman–Crippen MR) is 85.2 cm³/mol. The lowest BCUT2D eigenvalue weighted by atomic mass is 10.2. The molecule has 0 aliphatic rings. The predicted octanol–water partition coefficient (Wildman–Crippen LogP) is 2.19. The van der Waals surface area contributed by atoms with Crippen molar-refractivity contribution in [3.05, 3.63) is 65.0 Å². The Kier molecular flexibility index (Phi) is 5.38. The van der Waals surface area contributed by atoms with Crippen LogP contribution in [0.2, 0.25) is 0 Å². The van der Waals surface area contributed by atoms with Crippen LogP contribution in [0.15, 0.2) is 35.4 Å². The van der Waals surface area contributed by atoms with Gasteiger partial charge in [0.1, 0.15) is 6.54 Å². The normalized spacial score (nSPS) is 11.2. The van der Waals surface area contributed by atoms with E-state index in [2.05, 4.69) is 20.5 Å². The fourth-order valence-electron chi connectivity index (χ4n) is 2.08. The zero-order valence-electron chi connectivity index (χ0n) is 13.7. The molecule has 0 atom stereocenters. The molecule has 0 bridgehead atoms. The molecule has 7 nitrogen and oxygen atoms in total. The molecule has 3 aromatic rings. The third-order valence-electron chi connectivity index (χ3n) is 3.40. The molecule has 144 valence electrons. The molecule has 1 amide bonds. The van der Waals surface area contributed by atoms with Gasteiger partial charge in [0, 0.05) is 5.56 Å². The quantitative estimate of drug-likeness (QED) is 0.236. The van der Waals surface area contributed by atoms with Gasteiger partial charge in [-0.25, -0.2) is 27.4 Å². The number of amides is 1. The number of nitrogens with one attached hydrogen (secondary N) is 1. The Morgan fingerprint density at radius 3 is 2.25 bits per heavy atom. The van der Waals surface area contributed by atoms with Crippen LogP contribution in [0.3, 0.4) is 0 Å². The Labute approximate surface area is 153 Å². The number of halogens is 5. The number of hydrogen-bond acceptors (Lipinski definition) is 5. The lowest BCUT2D eigenvalue weighted by Crippen LogP contribution is -2.24. The van der Waals surface area contributed by atoms with Gasteiger partial charge in [-0.15, -0.1) is 10.2 Å². The van der Waals surface area contributed by atoms with E-state index in [9.17, 15) is 26.7 Å². The highest BCUT2D eigenvalue weighted by molar-refractivity contribution is 5.83. The maximum Gasteiger partial charge on any atom is 0.263 e. The minimum Gasteiger partial charge on any atom is -0.271 e. The Bertz CT molecular complexity index is 1020. The molecule has 28 heavy (non-hydrogen) atoms. The molecule has 3 rings (SSSR count). The molecule has 0 radical (unpaired) electrons. The van der Waals surface area contributed by atoms with Gasteiger partial charge in [0.25, 0.3) is 5.91 Å². The number of tetrazole rings is 1. The van der Waals surface area contributed by atoms with Gasteiger partial charge >= 0.3 is 0 Å². The van der Waals surface area contributed by atoms with Crippen LogP contribution < -0.4 is 5.43 Å². The van der Waals surface area contributed by atoms with Crippen molar-refractivity contribution in [2.45, 2.75) is 6.54 Å². The number of nitrogens with zero attached hydrogens (tertiary/aromatic N) is 5. The molecule has 1 heterocycles. The van der Waals surface area contributed by atoms with E-state index >= 15 is 0 Å². The highest BCUT2D eigenvalue weighted by atomic mass is 19.2. The van der Waals surface area contributed by atoms with Crippen LogP contribution >= 0.6 is 0 Å². The number of hydrogen-bond donors (Lipinski definition) is 1. The summed E-state index contributed by atoms with van der Waals surface area (Å²) in [5.74, 6) is -11.2. The summed E-state index contributed by atoms with van der Waals surface area (Å²) >= 11 is 0. The summed E-state index contributed by atoms with van der Waals surface area (Å²) in [4.78, 5) is 12.7. The van der Waals surface area contributed by atoms with Gasteiger partial charge in [-0.3, -0.25) is 4.79 Å². The number of hydrazone groups is 1. The molecule has 2 aromatic carbocycles. The maximum absolute atomic E-state index is 13.5. The minimum absolute atomic E-state index is 0.262. The van der Waals surface area contributed by atoms with Crippen LogP contribution in [0.5, 0.6) is 0 Å². The molecule has 1 N–H and O–H groups in total. The Morgan fingerprint density at radius 1 is 1.00 bits per heavy atom. The summed E-state index contributed by atoms with van der Waals surface area (Å²) in [5.41, 5.74) is 1.24. The number of rotatable bonds is 5. The third-order valence-corrected chi connectivity index (χ3v) is 3.40. The van der Waals surface area contributed by atoms with Crippen LogP contribution in [-0.4, -0.2) is 32.3 Å². The van der Waals surface area contributed by atoms with E-state index in [0.717, 1.165) is 4.80 Å². The molecule has 0 saturated heterocycles. The Hall–Kier alpha value is -3.70. The van der Waals surface area contributed by atoms with Crippen molar-refractivity contribution < 1.29 is 26.7 Å². The first kappa shape index (κ1) is 19.1. The molecule has 0 spiro atoms. The molecule has 0 aliphatic heterocycles. The lowest BCUT2D eigenvalue weighted by molar-refractivity contribution is -0.122. The second-order valence-electron chi connectivity index (χ2n) is 5.29. The fraction of sp³-hybridized carbons (Fsp3) is 0.0625. The van der Waals surface area contributed by atoms with Crippen molar-refractivity contribution in [1.29, 1.82) is 0 Å². The summed E-state index contributed by atoms with van der Waals surface area (Å²) in [6.45, 7) is -0.450. The maximum atomic E-state index is 13.5. The van der Waals surface area contributed by atoms with E-state index in [0.29, 0.717) is 11.8 Å². The van der Waals surface area contributed by atoms with Crippen LogP contribution in [0.1, 0.15) is 5.56 Å². The number of aromatic nitrogens is 4. The Morgan fingerprint density at radius 2 is 1.61 bits per heavy atom. The Balaban J connectivity index is 1.66. The van der Waals surface area contributed by atoms with Crippen LogP contribution in [0.25, 0.3) is 11.4 Å². The van der Waals surface area contributed by atoms with E-state index in [-0.39, 0.29) is 5.82 Å². The first-order valence-electron chi connectivity index (χ1n) is 7.55. The molecule has 0 fully saturated rings. The first-order chi connectivity index (χ1) is 13.4. The van der Waals surface area contributed by atoms with Gasteiger partial charge in [-0.1, -0.05) is 30.3 Å². The number of carbonyl (C=O) groups is 1. The van der Waals surface area contributed by atoms with Crippen molar-refractivity contribution in [2.75, 3.05) is 0 Å². The summed E-state index contributed by atoms with van der Waals surface area (Å²) in [7, 11) is 0. The largest absolute Gasteiger partial charge is 0.271 e. The van der Waals surface area contributed by atoms with E-state index in [1.54, 1.807) is 30.3 Å². The molecule has 0 saturated carbocycles. The van der Waals surface area contributed by atoms with Gasteiger partial charge in [-0.2, -0.15) is 9.90 Å². The zero-order valence-corrected chi connectivity index (χ0v) is 13.7. The van der Waals surface area contributed by atoms with E-state index < -0.39 is 47.1 Å². The monoisotopic (exact) mass is 396 g/mol. The van der Waals surface area contributed by atoms with Crippen molar-refractivity contribution in [2.24, 2.45) is 5.10 Å². The summed E-state index contributed by atoms with van der Waals surface area (Å²) in [6, 6.07) is 8.78. The summed E-state index contributed by atoms with van der Waals surface area (Å²) in [6.07, 6.45) is 0.304. The van der Waals surface area contributed by atoms with Crippen molar-refractivity contribution in [3.8, 4) is 11.4 Å². The molecule has 0 aliphatic carbocycles. The van der Waals surface area contributed by atoms with E-state index in [1.165, 1.54) is 0 Å². The minimum atomic E-state index is -2.29. The first-order valence-corrected chi connectivity index (χ1v) is 7.55. The SMILES string of the molecule is O=C(Cn1nnc(-c2ccccc2)n1)N/N=C/c1c(F)c(F)c(F)c(F)c1F. The van der Waals surface area contributed by atoms with E-state index in [1.807, 2.05) is 5.43 Å². The molecule has 1 aromatic heterocycles. The van der Waals surface area contributed by atoms with E-state index in [4.69, 9.17) is 0 Å². The second-order valence-corrected chi connectivity index (χ2v) is 5.29. The fourth-order valence-corrected chi connectivity index (χ4v) is 2.08. The van der Waals surface area contributed by atoms with Crippen LogP contribution in [-0.2, 0) is 11.3 Å². The topological polar surface area (TPSA) is 85.1 Å². The van der Waals surface area contributed by atoms with Gasteiger partial charge < -0.3 is 0 Å². The highest BCUT2D eigenvalue weighted by Gasteiger charge is 2.24. The number of carbonyl (C=O) groups excluding carboxylic acids is 1. The van der Waals surface area contributed by atoms with Gasteiger partial charge in [-0.05, 0) is 5.21 Å². The van der Waals surface area contributed by atoms with Gasteiger partial charge in [0.15, 0.2) is 23.3 Å². The standard InChI is InChI=1S/C16H9F5N6O/c17-11-9(12(18)14(20)15(21)13(11)19)6-22-23-10(28)7-27-25-16(24-26-27)8-4-2-1-3-5-8/h1-6H,7H2,(H,23,28)/b22-6+. The number of benzene rings is 2. The third kappa shape index (κ3) is 3.84. The van der Waals surface area contributed by atoms with Crippen molar-refractivity contribution in [1.82, 2.24) is 25.6 Å². The average molecular weight is 396 g/mol. The molecule has 0 unspecified atom stereocenters. The van der Waals surface area contributed by atoms with Gasteiger partial charge in [0.05, 0.1) is 11.8 Å². The van der Waals surface area contributed by atoms with Crippen molar-refractivity contribution in [3.63, 3.8) is 0 Å².